The zero-order chi connectivity index (χ0) is 33.9. The number of allylic oxidation sites excluding steroid dienone is 2. The minimum absolute atomic E-state index is 0.000795. The number of rotatable bonds is 3. The van der Waals surface area contributed by atoms with Crippen LogP contribution in [-0.4, -0.2) is 10.7 Å². The van der Waals surface area contributed by atoms with Crippen molar-refractivity contribution >= 4 is 90.4 Å². The molecule has 4 heteroatoms. The normalized spacial score (nSPS) is 16.7. The number of thiophene rings is 2. The van der Waals surface area contributed by atoms with Crippen molar-refractivity contribution in [1.82, 2.24) is 4.57 Å². The van der Waals surface area contributed by atoms with Crippen molar-refractivity contribution in [2.24, 2.45) is 0 Å². The summed E-state index contributed by atoms with van der Waals surface area (Å²) in [4.78, 5) is 0. The second kappa shape index (κ2) is 10.8. The molecule has 0 N–H and O–H groups in total. The van der Waals surface area contributed by atoms with Crippen molar-refractivity contribution in [1.29, 1.82) is 0 Å². The topological polar surface area (TPSA) is 14.2 Å². The van der Waals surface area contributed by atoms with Gasteiger partial charge in [-0.3, -0.25) is 0 Å². The van der Waals surface area contributed by atoms with Crippen LogP contribution in [0.5, 0.6) is 5.75 Å². The number of ether oxygens (including phenoxy) is 1. The predicted octanol–water partition coefficient (Wildman–Crippen LogP) is 13.7. The lowest BCUT2D eigenvalue weighted by Gasteiger charge is -2.23. The van der Waals surface area contributed by atoms with Crippen LogP contribution in [0.25, 0.3) is 84.5 Å². The van der Waals surface area contributed by atoms with E-state index in [1.807, 2.05) is 22.7 Å². The van der Waals surface area contributed by atoms with Gasteiger partial charge in [0, 0.05) is 68.2 Å². The zero-order valence-corrected chi connectivity index (χ0v) is 29.5. The van der Waals surface area contributed by atoms with Crippen molar-refractivity contribution < 1.29 is 4.74 Å². The van der Waals surface area contributed by atoms with E-state index >= 15 is 0 Å². The molecule has 4 heterocycles. The molecule has 0 saturated carbocycles. The van der Waals surface area contributed by atoms with E-state index in [1.165, 1.54) is 95.7 Å². The van der Waals surface area contributed by atoms with Crippen molar-refractivity contribution in [3.05, 3.63) is 175 Å². The molecule has 2 nitrogen and oxygen atoms in total. The summed E-state index contributed by atoms with van der Waals surface area (Å²) in [5.74, 6) is 1.24. The van der Waals surface area contributed by atoms with E-state index in [-0.39, 0.29) is 12.0 Å². The average molecular weight is 700 g/mol. The number of fused-ring (bicyclic) bond motifs is 12. The summed E-state index contributed by atoms with van der Waals surface area (Å²) in [6.45, 7) is 0. The summed E-state index contributed by atoms with van der Waals surface area (Å²) >= 11 is 3.75. The van der Waals surface area contributed by atoms with Gasteiger partial charge in [0.2, 0.25) is 0 Å². The van der Waals surface area contributed by atoms with Crippen LogP contribution in [0, 0.1) is 0 Å². The van der Waals surface area contributed by atoms with Gasteiger partial charge < -0.3 is 9.30 Å². The third kappa shape index (κ3) is 4.05. The predicted molar refractivity (Wildman–Crippen MR) is 223 cm³/mol. The molecule has 52 heavy (non-hydrogen) atoms. The van der Waals surface area contributed by atoms with Gasteiger partial charge in [0.15, 0.2) is 0 Å². The Morgan fingerprint density at radius 2 is 1.19 bits per heavy atom. The van der Waals surface area contributed by atoms with Crippen molar-refractivity contribution in [3.8, 4) is 22.6 Å². The van der Waals surface area contributed by atoms with Crippen LogP contribution in [0.15, 0.2) is 164 Å². The molecular weight excluding hydrogens is 671 g/mol. The summed E-state index contributed by atoms with van der Waals surface area (Å²) in [5.41, 5.74) is 9.90. The molecule has 0 fully saturated rings. The van der Waals surface area contributed by atoms with Crippen LogP contribution in [0.1, 0.15) is 17.0 Å². The first-order chi connectivity index (χ1) is 25.8. The van der Waals surface area contributed by atoms with E-state index in [2.05, 4.69) is 168 Å². The van der Waals surface area contributed by atoms with Crippen molar-refractivity contribution in [2.45, 2.75) is 12.0 Å². The van der Waals surface area contributed by atoms with Gasteiger partial charge in [0.05, 0.1) is 16.7 Å². The molecule has 2 atom stereocenters. The molecule has 0 radical (unpaired) electrons. The van der Waals surface area contributed by atoms with Crippen LogP contribution in [0.2, 0.25) is 0 Å². The lowest BCUT2D eigenvalue weighted by molar-refractivity contribution is 0.278. The number of aromatic nitrogens is 1. The molecule has 10 aromatic rings. The molecule has 244 valence electrons. The average Bonchev–Trinajstić information content (AvgIpc) is 3.95. The Kier molecular flexibility index (Phi) is 5.96. The maximum atomic E-state index is 6.55. The Morgan fingerprint density at radius 3 is 2.17 bits per heavy atom. The fourth-order valence-corrected chi connectivity index (χ4v) is 11.1. The van der Waals surface area contributed by atoms with Gasteiger partial charge in [0.25, 0.3) is 0 Å². The van der Waals surface area contributed by atoms with Crippen LogP contribution < -0.4 is 4.74 Å². The highest BCUT2D eigenvalue weighted by Crippen LogP contribution is 2.48. The third-order valence-corrected chi connectivity index (χ3v) is 13.4. The Labute approximate surface area is 307 Å². The molecule has 7 aromatic carbocycles. The summed E-state index contributed by atoms with van der Waals surface area (Å²) in [6, 6.07) is 53.8. The standard InChI is InChI=1S/C48H29NOS2/c1-4-14-39-32(9-1)38-25-28(29-19-22-35-34-11-3-6-17-43(34)51-45(35)26-29)21-24-40(38)49(39)41-15-8-18-44-47(41)37-23-20-30(27-46(37)52-44)31-12-7-13-36-33-10-2-5-16-42(33)50-48(31)36/h1-27,36,48H. The summed E-state index contributed by atoms with van der Waals surface area (Å²) < 4.78 is 14.3. The number of para-hydroxylation sites is 2. The maximum Gasteiger partial charge on any atom is 0.135 e. The third-order valence-electron chi connectivity index (χ3n) is 11.2. The van der Waals surface area contributed by atoms with Gasteiger partial charge in [-0.25, -0.2) is 0 Å². The van der Waals surface area contributed by atoms with Gasteiger partial charge in [0.1, 0.15) is 11.9 Å². The highest BCUT2D eigenvalue weighted by molar-refractivity contribution is 7.26. The van der Waals surface area contributed by atoms with Crippen molar-refractivity contribution in [2.75, 3.05) is 0 Å². The van der Waals surface area contributed by atoms with Gasteiger partial charge in [-0.2, -0.15) is 0 Å². The summed E-state index contributed by atoms with van der Waals surface area (Å²) in [5, 5.41) is 7.80. The van der Waals surface area contributed by atoms with E-state index in [9.17, 15) is 0 Å². The molecule has 2 aliphatic rings. The van der Waals surface area contributed by atoms with E-state index in [4.69, 9.17) is 4.74 Å². The highest BCUT2D eigenvalue weighted by atomic mass is 32.1. The van der Waals surface area contributed by atoms with E-state index < -0.39 is 0 Å². The highest BCUT2D eigenvalue weighted by Gasteiger charge is 2.36. The Morgan fingerprint density at radius 1 is 0.500 bits per heavy atom. The molecular formula is C48H29NOS2. The molecule has 0 spiro atoms. The first-order valence-corrected chi connectivity index (χ1v) is 19.4. The second-order valence-corrected chi connectivity index (χ2v) is 16.1. The van der Waals surface area contributed by atoms with Crippen molar-refractivity contribution in [3.63, 3.8) is 0 Å². The SMILES string of the molecule is C1=CC2c3ccccc3OC2C(c2ccc3c(c2)sc2cccc(-n4c5ccccc5c5cc(-c6ccc7c(c6)sc6ccccc67)ccc54)c23)=C1. The van der Waals surface area contributed by atoms with Crippen LogP contribution in [0.3, 0.4) is 0 Å². The monoisotopic (exact) mass is 699 g/mol. The molecule has 0 bridgehead atoms. The van der Waals surface area contributed by atoms with Gasteiger partial charge in [-0.05, 0) is 71.3 Å². The largest absolute Gasteiger partial charge is 0.484 e. The minimum atomic E-state index is -0.000795. The van der Waals surface area contributed by atoms with Crippen LogP contribution in [0.4, 0.5) is 0 Å². The number of hydrogen-bond acceptors (Lipinski definition) is 3. The number of nitrogens with zero attached hydrogens (tertiary/aromatic N) is 1. The smallest absolute Gasteiger partial charge is 0.135 e. The molecule has 12 rings (SSSR count). The first kappa shape index (κ1) is 28.7. The van der Waals surface area contributed by atoms with E-state index in [0.717, 1.165) is 5.75 Å². The number of hydrogen-bond donors (Lipinski definition) is 0. The van der Waals surface area contributed by atoms with Gasteiger partial charge >= 0.3 is 0 Å². The molecule has 0 saturated heterocycles. The quantitative estimate of drug-likeness (QED) is 0.179. The Balaban J connectivity index is 0.999. The molecule has 3 aromatic heterocycles. The van der Waals surface area contributed by atoms with E-state index in [1.54, 1.807) is 0 Å². The minimum Gasteiger partial charge on any atom is -0.484 e. The fraction of sp³-hybridized carbons (Fsp3) is 0.0417. The molecule has 1 aliphatic carbocycles. The lowest BCUT2D eigenvalue weighted by Crippen LogP contribution is -2.21. The Hall–Kier alpha value is -5.94. The molecule has 0 amide bonds. The Bertz CT molecular complexity index is 3190. The zero-order valence-electron chi connectivity index (χ0n) is 27.9. The summed E-state index contributed by atoms with van der Waals surface area (Å²) in [6.07, 6.45) is 6.72. The van der Waals surface area contributed by atoms with E-state index in [0.29, 0.717) is 0 Å². The summed E-state index contributed by atoms with van der Waals surface area (Å²) in [7, 11) is 0. The van der Waals surface area contributed by atoms with Gasteiger partial charge in [-0.15, -0.1) is 22.7 Å². The lowest BCUT2D eigenvalue weighted by atomic mass is 9.84. The maximum absolute atomic E-state index is 6.55. The first-order valence-electron chi connectivity index (χ1n) is 17.8. The van der Waals surface area contributed by atoms with Crippen LogP contribution >= 0.6 is 22.7 Å². The van der Waals surface area contributed by atoms with Gasteiger partial charge in [-0.1, -0.05) is 109 Å². The second-order valence-electron chi connectivity index (χ2n) is 14.0. The molecule has 2 unspecified atom stereocenters. The number of benzene rings is 7. The fourth-order valence-electron chi connectivity index (χ4n) is 8.82. The van der Waals surface area contributed by atoms with Crippen LogP contribution in [-0.2, 0) is 0 Å². The molecule has 1 aliphatic heterocycles.